The number of aryl methyl sites for hydroxylation is 1. The van der Waals surface area contributed by atoms with Crippen molar-refractivity contribution in [3.63, 3.8) is 0 Å². The quantitative estimate of drug-likeness (QED) is 0.755. The molecule has 7 heteroatoms. The van der Waals surface area contributed by atoms with E-state index in [9.17, 15) is 19.5 Å². The largest absolute Gasteiger partial charge is 0.481 e. The Kier molecular flexibility index (Phi) is 5.13. The number of fused-ring (bicyclic) bond motifs is 2. The van der Waals surface area contributed by atoms with Crippen LogP contribution in [-0.4, -0.2) is 29.6 Å². The maximum Gasteiger partial charge on any atom is 0.341 e. The second kappa shape index (κ2) is 7.15. The predicted molar refractivity (Wildman–Crippen MR) is 93.7 cm³/mol. The van der Waals surface area contributed by atoms with Crippen molar-refractivity contribution < 1.29 is 24.2 Å². The van der Waals surface area contributed by atoms with Crippen molar-refractivity contribution in [1.82, 2.24) is 0 Å². The topological polar surface area (TPSA) is 92.7 Å². The number of anilines is 1. The fourth-order valence-electron chi connectivity index (χ4n) is 4.29. The van der Waals surface area contributed by atoms with Crippen molar-refractivity contribution in [2.45, 2.75) is 39.5 Å². The van der Waals surface area contributed by atoms with Crippen molar-refractivity contribution in [2.75, 3.05) is 11.9 Å². The number of hydrogen-bond donors (Lipinski definition) is 2. The van der Waals surface area contributed by atoms with E-state index >= 15 is 0 Å². The molecule has 2 fully saturated rings. The molecule has 136 valence electrons. The van der Waals surface area contributed by atoms with Crippen molar-refractivity contribution >= 4 is 34.2 Å². The highest BCUT2D eigenvalue weighted by atomic mass is 32.1. The molecule has 0 unspecified atom stereocenters. The van der Waals surface area contributed by atoms with Crippen LogP contribution in [0.5, 0.6) is 0 Å². The Hall–Kier alpha value is -1.89. The third-order valence-corrected chi connectivity index (χ3v) is 6.56. The van der Waals surface area contributed by atoms with Crippen LogP contribution in [0.15, 0.2) is 6.07 Å². The predicted octanol–water partition coefficient (Wildman–Crippen LogP) is 3.17. The van der Waals surface area contributed by atoms with Crippen LogP contribution in [0.4, 0.5) is 5.00 Å². The Morgan fingerprint density at radius 3 is 2.52 bits per heavy atom. The van der Waals surface area contributed by atoms with Crippen LogP contribution in [-0.2, 0) is 20.7 Å². The summed E-state index contributed by atoms with van der Waals surface area (Å²) in [6.07, 6.45) is 3.35. The molecule has 6 nitrogen and oxygen atoms in total. The molecule has 25 heavy (non-hydrogen) atoms. The van der Waals surface area contributed by atoms with Gasteiger partial charge in [-0.1, -0.05) is 6.92 Å². The van der Waals surface area contributed by atoms with Gasteiger partial charge in [0.15, 0.2) is 0 Å². The second-order valence-corrected chi connectivity index (χ2v) is 7.88. The number of carbonyl (C=O) groups excluding carboxylic acids is 2. The Bertz CT molecular complexity index is 698. The number of esters is 1. The molecule has 0 spiro atoms. The van der Waals surface area contributed by atoms with Crippen LogP contribution < -0.4 is 5.32 Å². The first kappa shape index (κ1) is 17.9. The van der Waals surface area contributed by atoms with E-state index in [4.69, 9.17) is 4.74 Å². The Morgan fingerprint density at radius 2 is 1.92 bits per heavy atom. The van der Waals surface area contributed by atoms with Gasteiger partial charge in [-0.05, 0) is 50.5 Å². The summed E-state index contributed by atoms with van der Waals surface area (Å²) in [6, 6.07) is 1.74. The number of ether oxygens (including phenoxy) is 1. The summed E-state index contributed by atoms with van der Waals surface area (Å²) < 4.78 is 5.06. The third kappa shape index (κ3) is 3.29. The van der Waals surface area contributed by atoms with Crippen LogP contribution in [0.1, 0.15) is 48.3 Å². The first-order chi connectivity index (χ1) is 12.0. The molecule has 2 aliphatic rings. The summed E-state index contributed by atoms with van der Waals surface area (Å²) in [5.74, 6) is -2.54. The minimum absolute atomic E-state index is 0.0947. The molecule has 2 N–H and O–H groups in total. The zero-order valence-electron chi connectivity index (χ0n) is 14.4. The van der Waals surface area contributed by atoms with E-state index in [0.29, 0.717) is 10.6 Å². The third-order valence-electron chi connectivity index (χ3n) is 5.37. The van der Waals surface area contributed by atoms with Crippen molar-refractivity contribution in [2.24, 2.45) is 23.7 Å². The van der Waals surface area contributed by atoms with Gasteiger partial charge in [0, 0.05) is 4.88 Å². The molecular weight excluding hydrogens is 342 g/mol. The zero-order chi connectivity index (χ0) is 18.1. The van der Waals surface area contributed by atoms with Crippen LogP contribution in [0.2, 0.25) is 0 Å². The van der Waals surface area contributed by atoms with E-state index in [2.05, 4.69) is 5.32 Å². The highest BCUT2D eigenvalue weighted by molar-refractivity contribution is 7.16. The van der Waals surface area contributed by atoms with Gasteiger partial charge in [0.1, 0.15) is 5.00 Å². The molecule has 1 aromatic heterocycles. The number of thiophene rings is 1. The normalized spacial score (nSPS) is 27.3. The minimum Gasteiger partial charge on any atom is -0.481 e. The summed E-state index contributed by atoms with van der Waals surface area (Å²) in [5, 5.41) is 12.8. The lowest BCUT2D eigenvalue weighted by molar-refractivity contribution is -0.148. The fourth-order valence-corrected chi connectivity index (χ4v) is 5.28. The maximum absolute atomic E-state index is 12.8. The van der Waals surface area contributed by atoms with Gasteiger partial charge in [-0.3, -0.25) is 9.59 Å². The maximum atomic E-state index is 12.8. The van der Waals surface area contributed by atoms with Crippen LogP contribution in [0, 0.1) is 23.7 Å². The van der Waals surface area contributed by atoms with Gasteiger partial charge in [0.25, 0.3) is 0 Å². The van der Waals surface area contributed by atoms with Gasteiger partial charge in [-0.2, -0.15) is 0 Å². The lowest BCUT2D eigenvalue weighted by Gasteiger charge is -2.26. The molecule has 4 atom stereocenters. The molecule has 0 radical (unpaired) electrons. The standard InChI is InChI=1S/C18H23NO5S/c1-3-11-8-12(18(23)24-4-2)16(25-11)19-15(20)13-9-5-6-10(7-9)14(13)17(21)22/h8-10,13-14H,3-7H2,1-2H3,(H,19,20)(H,21,22)/t9-,10-,13+,14+/m0/s1. The van der Waals surface area contributed by atoms with Gasteiger partial charge in [-0.25, -0.2) is 4.79 Å². The van der Waals surface area contributed by atoms with Gasteiger partial charge in [0.05, 0.1) is 24.0 Å². The highest BCUT2D eigenvalue weighted by Gasteiger charge is 2.54. The lowest BCUT2D eigenvalue weighted by atomic mass is 9.79. The average Bonchev–Trinajstić information content (AvgIpc) is 3.28. The number of carboxylic acids is 1. The van der Waals surface area contributed by atoms with Crippen molar-refractivity contribution in [3.05, 3.63) is 16.5 Å². The van der Waals surface area contributed by atoms with Crippen LogP contribution in [0.3, 0.4) is 0 Å². The molecule has 1 aromatic rings. The molecular formula is C18H23NO5S. The zero-order valence-corrected chi connectivity index (χ0v) is 15.2. The van der Waals surface area contributed by atoms with E-state index in [1.807, 2.05) is 6.92 Å². The molecule has 2 saturated carbocycles. The number of hydrogen-bond acceptors (Lipinski definition) is 5. The molecule has 2 aliphatic carbocycles. The number of aliphatic carboxylic acids is 1. The molecule has 0 aliphatic heterocycles. The Labute approximate surface area is 150 Å². The molecule has 3 rings (SSSR count). The molecule has 1 heterocycles. The summed E-state index contributed by atoms with van der Waals surface area (Å²) in [4.78, 5) is 37.6. The minimum atomic E-state index is -0.890. The molecule has 1 amide bonds. The lowest BCUT2D eigenvalue weighted by Crippen LogP contribution is -2.37. The summed E-state index contributed by atoms with van der Waals surface area (Å²) >= 11 is 1.35. The van der Waals surface area contributed by atoms with Gasteiger partial charge < -0.3 is 15.2 Å². The molecule has 0 saturated heterocycles. The van der Waals surface area contributed by atoms with E-state index < -0.39 is 23.8 Å². The van der Waals surface area contributed by atoms with Gasteiger partial charge >= 0.3 is 11.9 Å². The van der Waals surface area contributed by atoms with Gasteiger partial charge in [0.2, 0.25) is 5.91 Å². The van der Waals surface area contributed by atoms with E-state index in [1.165, 1.54) is 11.3 Å². The first-order valence-electron chi connectivity index (χ1n) is 8.79. The number of amides is 1. The Morgan fingerprint density at radius 1 is 1.24 bits per heavy atom. The fraction of sp³-hybridized carbons (Fsp3) is 0.611. The second-order valence-electron chi connectivity index (χ2n) is 6.74. The Balaban J connectivity index is 1.82. The summed E-state index contributed by atoms with van der Waals surface area (Å²) in [7, 11) is 0. The number of rotatable bonds is 6. The smallest absolute Gasteiger partial charge is 0.341 e. The monoisotopic (exact) mass is 365 g/mol. The van der Waals surface area contributed by atoms with Crippen LogP contribution >= 0.6 is 11.3 Å². The van der Waals surface area contributed by atoms with E-state index in [-0.39, 0.29) is 24.3 Å². The summed E-state index contributed by atoms with van der Waals surface area (Å²) in [6.45, 7) is 3.97. The number of carboxylic acid groups (broad SMARTS) is 1. The van der Waals surface area contributed by atoms with E-state index in [0.717, 1.165) is 30.6 Å². The molecule has 0 aromatic carbocycles. The average molecular weight is 365 g/mol. The van der Waals surface area contributed by atoms with E-state index in [1.54, 1.807) is 13.0 Å². The van der Waals surface area contributed by atoms with Gasteiger partial charge in [-0.15, -0.1) is 11.3 Å². The summed E-state index contributed by atoms with van der Waals surface area (Å²) in [5.41, 5.74) is 0.354. The van der Waals surface area contributed by atoms with Crippen LogP contribution in [0.25, 0.3) is 0 Å². The highest BCUT2D eigenvalue weighted by Crippen LogP contribution is 2.52. The SMILES string of the molecule is CCOC(=O)c1cc(CC)sc1NC(=O)[C@@H]1[C@H]2CC[C@@H](C2)[C@H]1C(=O)O. The number of carbonyl (C=O) groups is 3. The molecule has 2 bridgehead atoms. The number of nitrogens with one attached hydrogen (secondary N) is 1. The first-order valence-corrected chi connectivity index (χ1v) is 9.61. The van der Waals surface area contributed by atoms with Crippen molar-refractivity contribution in [3.8, 4) is 0 Å². The van der Waals surface area contributed by atoms with Crippen molar-refractivity contribution in [1.29, 1.82) is 0 Å².